The van der Waals surface area contributed by atoms with E-state index in [1.54, 1.807) is 6.20 Å². The molecule has 1 aliphatic carbocycles. The Balaban J connectivity index is 2.12. The molecular weight excluding hydrogens is 238 g/mol. The van der Waals surface area contributed by atoms with Gasteiger partial charge in [0.25, 0.3) is 0 Å². The van der Waals surface area contributed by atoms with Crippen molar-refractivity contribution in [3.05, 3.63) is 23.4 Å². The number of aromatic nitrogens is 1. The minimum atomic E-state index is 0.0248. The van der Waals surface area contributed by atoms with Gasteiger partial charge < -0.3 is 10.5 Å². The molecule has 0 atom stereocenters. The van der Waals surface area contributed by atoms with E-state index in [0.717, 1.165) is 18.4 Å². The molecular formula is C15H23N3O. The first-order chi connectivity index (χ1) is 8.89. The van der Waals surface area contributed by atoms with Crippen LogP contribution >= 0.6 is 0 Å². The Labute approximate surface area is 114 Å². The molecule has 0 spiro atoms. The van der Waals surface area contributed by atoms with Gasteiger partial charge in [0.1, 0.15) is 11.9 Å². The monoisotopic (exact) mass is 261 g/mol. The summed E-state index contributed by atoms with van der Waals surface area (Å²) in [7, 11) is 0. The number of hydrogen-bond acceptors (Lipinski definition) is 3. The number of nitrogens with one attached hydrogen (secondary N) is 1. The van der Waals surface area contributed by atoms with Crippen molar-refractivity contribution in [2.24, 2.45) is 11.1 Å². The fourth-order valence-corrected chi connectivity index (χ4v) is 2.60. The summed E-state index contributed by atoms with van der Waals surface area (Å²) in [4.78, 5) is 4.25. The molecule has 0 saturated heterocycles. The zero-order chi connectivity index (χ0) is 14.0. The van der Waals surface area contributed by atoms with Crippen LogP contribution in [-0.4, -0.2) is 16.9 Å². The second kappa shape index (κ2) is 5.19. The predicted octanol–water partition coefficient (Wildman–Crippen LogP) is 3.02. The van der Waals surface area contributed by atoms with Crippen LogP contribution in [0.2, 0.25) is 0 Å². The zero-order valence-corrected chi connectivity index (χ0v) is 12.0. The van der Waals surface area contributed by atoms with Crippen molar-refractivity contribution in [2.75, 3.05) is 0 Å². The van der Waals surface area contributed by atoms with E-state index in [0.29, 0.717) is 16.9 Å². The molecule has 1 aromatic heterocycles. The van der Waals surface area contributed by atoms with Gasteiger partial charge in [-0.3, -0.25) is 5.41 Å². The van der Waals surface area contributed by atoms with Crippen LogP contribution in [0.5, 0.6) is 5.88 Å². The molecule has 0 aliphatic heterocycles. The standard InChI is InChI=1S/C15H23N3O/c1-10-6-9-18-14(12(10)13(16)17)19-11-4-7-15(2,3)8-5-11/h6,9,11H,4-5,7-8H2,1-3H3,(H3,16,17). The van der Waals surface area contributed by atoms with Crippen LogP contribution in [0, 0.1) is 17.7 Å². The highest BCUT2D eigenvalue weighted by Gasteiger charge is 2.28. The first-order valence-electron chi connectivity index (χ1n) is 6.86. The number of nitrogens with two attached hydrogens (primary N) is 1. The maximum Gasteiger partial charge on any atom is 0.225 e. The van der Waals surface area contributed by atoms with E-state index in [4.69, 9.17) is 15.9 Å². The van der Waals surface area contributed by atoms with Gasteiger partial charge in [0.2, 0.25) is 5.88 Å². The second-order valence-electron chi connectivity index (χ2n) is 6.20. The quantitative estimate of drug-likeness (QED) is 0.649. The van der Waals surface area contributed by atoms with Crippen molar-refractivity contribution >= 4 is 5.84 Å². The van der Waals surface area contributed by atoms with Crippen LogP contribution < -0.4 is 10.5 Å². The summed E-state index contributed by atoms with van der Waals surface area (Å²) in [5, 5.41) is 7.66. The number of nitrogens with zero attached hydrogens (tertiary/aromatic N) is 1. The topological polar surface area (TPSA) is 72.0 Å². The Kier molecular flexibility index (Phi) is 3.78. The lowest BCUT2D eigenvalue weighted by Crippen LogP contribution is -2.29. The first-order valence-corrected chi connectivity index (χ1v) is 6.86. The predicted molar refractivity (Wildman–Crippen MR) is 76.7 cm³/mol. The van der Waals surface area contributed by atoms with Crippen molar-refractivity contribution in [1.82, 2.24) is 4.98 Å². The smallest absolute Gasteiger partial charge is 0.225 e. The molecule has 104 valence electrons. The van der Waals surface area contributed by atoms with E-state index < -0.39 is 0 Å². The maximum atomic E-state index is 7.66. The summed E-state index contributed by atoms with van der Waals surface area (Å²) < 4.78 is 5.99. The molecule has 19 heavy (non-hydrogen) atoms. The Morgan fingerprint density at radius 2 is 2.05 bits per heavy atom. The molecule has 1 aromatic rings. The highest BCUT2D eigenvalue weighted by Crippen LogP contribution is 2.36. The minimum Gasteiger partial charge on any atom is -0.474 e. The molecule has 3 N–H and O–H groups in total. The number of aryl methyl sites for hydroxylation is 1. The third-order valence-corrected chi connectivity index (χ3v) is 3.96. The normalized spacial score (nSPS) is 19.1. The van der Waals surface area contributed by atoms with E-state index in [-0.39, 0.29) is 11.9 Å². The molecule has 1 heterocycles. The third kappa shape index (κ3) is 3.25. The number of ether oxygens (including phenoxy) is 1. The molecule has 0 aromatic carbocycles. The lowest BCUT2D eigenvalue weighted by Gasteiger charge is -2.34. The van der Waals surface area contributed by atoms with E-state index in [9.17, 15) is 0 Å². The van der Waals surface area contributed by atoms with Gasteiger partial charge in [0.15, 0.2) is 0 Å². The van der Waals surface area contributed by atoms with Gasteiger partial charge >= 0.3 is 0 Å². The highest BCUT2D eigenvalue weighted by molar-refractivity contribution is 5.98. The van der Waals surface area contributed by atoms with Crippen LogP contribution in [-0.2, 0) is 0 Å². The van der Waals surface area contributed by atoms with Crippen LogP contribution in [0.4, 0.5) is 0 Å². The van der Waals surface area contributed by atoms with Gasteiger partial charge in [0.05, 0.1) is 5.56 Å². The van der Waals surface area contributed by atoms with E-state index in [1.165, 1.54) is 12.8 Å². The average molecular weight is 261 g/mol. The molecule has 1 saturated carbocycles. The van der Waals surface area contributed by atoms with Gasteiger partial charge in [-0.25, -0.2) is 4.98 Å². The molecule has 4 heteroatoms. The lowest BCUT2D eigenvalue weighted by atomic mass is 9.76. The average Bonchev–Trinajstić information content (AvgIpc) is 2.31. The summed E-state index contributed by atoms with van der Waals surface area (Å²) in [6, 6.07) is 1.85. The maximum absolute atomic E-state index is 7.66. The fourth-order valence-electron chi connectivity index (χ4n) is 2.60. The fraction of sp³-hybridized carbons (Fsp3) is 0.600. The van der Waals surface area contributed by atoms with Gasteiger partial charge in [-0.2, -0.15) is 0 Å². The second-order valence-corrected chi connectivity index (χ2v) is 6.20. The number of nitrogen functional groups attached to an aromatic ring is 1. The van der Waals surface area contributed by atoms with Crippen molar-refractivity contribution in [3.8, 4) is 5.88 Å². The summed E-state index contributed by atoms with van der Waals surface area (Å²) >= 11 is 0. The van der Waals surface area contributed by atoms with Gasteiger partial charge in [0, 0.05) is 6.20 Å². The van der Waals surface area contributed by atoms with Gasteiger partial charge in [-0.15, -0.1) is 0 Å². The molecule has 4 nitrogen and oxygen atoms in total. The molecule has 1 fully saturated rings. The minimum absolute atomic E-state index is 0.0248. The molecule has 0 amide bonds. The van der Waals surface area contributed by atoms with E-state index >= 15 is 0 Å². The summed E-state index contributed by atoms with van der Waals surface area (Å²) in [6.45, 7) is 6.53. The number of amidine groups is 1. The Hall–Kier alpha value is -1.58. The summed E-state index contributed by atoms with van der Waals surface area (Å²) in [5.41, 5.74) is 7.62. The van der Waals surface area contributed by atoms with Crippen molar-refractivity contribution in [2.45, 2.75) is 52.6 Å². The molecule has 1 aliphatic rings. The number of pyridine rings is 1. The molecule has 2 rings (SSSR count). The molecule has 0 unspecified atom stereocenters. The van der Waals surface area contributed by atoms with E-state index in [2.05, 4.69) is 18.8 Å². The van der Waals surface area contributed by atoms with Crippen molar-refractivity contribution < 1.29 is 4.74 Å². The number of hydrogen-bond donors (Lipinski definition) is 2. The van der Waals surface area contributed by atoms with E-state index in [1.807, 2.05) is 13.0 Å². The Bertz CT molecular complexity index is 472. The molecule has 0 bridgehead atoms. The van der Waals surface area contributed by atoms with Crippen LogP contribution in [0.25, 0.3) is 0 Å². The highest BCUT2D eigenvalue weighted by atomic mass is 16.5. The van der Waals surface area contributed by atoms with Crippen molar-refractivity contribution in [3.63, 3.8) is 0 Å². The largest absolute Gasteiger partial charge is 0.474 e. The number of rotatable bonds is 3. The Morgan fingerprint density at radius 1 is 1.42 bits per heavy atom. The van der Waals surface area contributed by atoms with Crippen LogP contribution in [0.15, 0.2) is 12.3 Å². The van der Waals surface area contributed by atoms with Crippen molar-refractivity contribution in [1.29, 1.82) is 5.41 Å². The van der Waals surface area contributed by atoms with Gasteiger partial charge in [-0.1, -0.05) is 13.8 Å². The zero-order valence-electron chi connectivity index (χ0n) is 12.0. The SMILES string of the molecule is Cc1ccnc(OC2CCC(C)(C)CC2)c1C(=N)N. The summed E-state index contributed by atoms with van der Waals surface area (Å²) in [6.07, 6.45) is 6.32. The molecule has 0 radical (unpaired) electrons. The van der Waals surface area contributed by atoms with Gasteiger partial charge in [-0.05, 0) is 49.7 Å². The first kappa shape index (κ1) is 13.8. The Morgan fingerprint density at radius 3 is 2.63 bits per heavy atom. The summed E-state index contributed by atoms with van der Waals surface area (Å²) in [5.74, 6) is 0.536. The van der Waals surface area contributed by atoms with Crippen LogP contribution in [0.3, 0.4) is 0 Å². The lowest BCUT2D eigenvalue weighted by molar-refractivity contribution is 0.0947. The third-order valence-electron chi connectivity index (χ3n) is 3.96. The van der Waals surface area contributed by atoms with Crippen LogP contribution in [0.1, 0.15) is 50.7 Å².